The Bertz CT molecular complexity index is 865. The predicted octanol–water partition coefficient (Wildman–Crippen LogP) is 2.50. The summed E-state index contributed by atoms with van der Waals surface area (Å²) < 4.78 is 35.1. The fraction of sp³-hybridized carbons (Fsp3) is 0.278. The first-order valence-electron chi connectivity index (χ1n) is 7.86. The second-order valence-corrected chi connectivity index (χ2v) is 7.72. The normalized spacial score (nSPS) is 12.2. The molecule has 0 fully saturated rings. The number of ether oxygens (including phenoxy) is 2. The van der Waals surface area contributed by atoms with Crippen LogP contribution < -0.4 is 19.1 Å². The van der Waals surface area contributed by atoms with Crippen molar-refractivity contribution >= 4 is 27.3 Å². The third kappa shape index (κ3) is 5.13. The Morgan fingerprint density at radius 2 is 1.73 bits per heavy atom. The molecule has 1 N–H and O–H groups in total. The summed E-state index contributed by atoms with van der Waals surface area (Å²) >= 11 is 0. The van der Waals surface area contributed by atoms with Crippen molar-refractivity contribution in [3.8, 4) is 11.5 Å². The molecule has 0 saturated carbocycles. The van der Waals surface area contributed by atoms with E-state index in [0.717, 1.165) is 10.6 Å². The van der Waals surface area contributed by atoms with Gasteiger partial charge in [0.05, 0.1) is 19.1 Å². The Balaban J connectivity index is 2.04. The lowest BCUT2D eigenvalue weighted by Crippen LogP contribution is -2.30. The van der Waals surface area contributed by atoms with E-state index in [-0.39, 0.29) is 5.91 Å². The van der Waals surface area contributed by atoms with Gasteiger partial charge in [-0.25, -0.2) is 8.42 Å². The summed E-state index contributed by atoms with van der Waals surface area (Å²) in [5.74, 6) is 0.889. The minimum atomic E-state index is -3.38. The van der Waals surface area contributed by atoms with E-state index < -0.39 is 16.1 Å². The molecule has 2 aromatic rings. The van der Waals surface area contributed by atoms with Crippen LogP contribution in [-0.2, 0) is 14.8 Å². The van der Waals surface area contributed by atoms with Crippen molar-refractivity contribution in [1.29, 1.82) is 0 Å². The van der Waals surface area contributed by atoms with E-state index in [4.69, 9.17) is 9.47 Å². The van der Waals surface area contributed by atoms with Crippen LogP contribution >= 0.6 is 0 Å². The van der Waals surface area contributed by atoms with E-state index in [9.17, 15) is 13.2 Å². The highest BCUT2D eigenvalue weighted by atomic mass is 32.2. The number of nitrogens with one attached hydrogen (secondary N) is 1. The van der Waals surface area contributed by atoms with Crippen LogP contribution in [0.15, 0.2) is 48.5 Å². The summed E-state index contributed by atoms with van der Waals surface area (Å²) in [5.41, 5.74) is 0.933. The summed E-state index contributed by atoms with van der Waals surface area (Å²) in [4.78, 5) is 12.3. The van der Waals surface area contributed by atoms with Gasteiger partial charge in [0.2, 0.25) is 10.0 Å². The average molecular weight is 378 g/mol. The maximum Gasteiger partial charge on any atom is 0.265 e. The van der Waals surface area contributed by atoms with Crippen molar-refractivity contribution in [2.75, 3.05) is 30.0 Å². The number of benzene rings is 2. The average Bonchev–Trinajstić information content (AvgIpc) is 2.61. The molecule has 0 heterocycles. The number of carbonyl (C=O) groups is 1. The maximum absolute atomic E-state index is 12.3. The van der Waals surface area contributed by atoms with E-state index >= 15 is 0 Å². The topological polar surface area (TPSA) is 84.9 Å². The van der Waals surface area contributed by atoms with Gasteiger partial charge < -0.3 is 14.8 Å². The quantitative estimate of drug-likeness (QED) is 0.800. The fourth-order valence-corrected chi connectivity index (χ4v) is 2.62. The number of sulfonamides is 1. The minimum absolute atomic E-state index is 0.347. The second kappa shape index (κ2) is 8.09. The van der Waals surface area contributed by atoms with E-state index in [2.05, 4.69) is 5.32 Å². The second-order valence-electron chi connectivity index (χ2n) is 5.71. The molecule has 1 atom stereocenters. The molecular formula is C18H22N2O5S. The molecule has 0 spiro atoms. The van der Waals surface area contributed by atoms with Crippen LogP contribution in [0, 0.1) is 0 Å². The molecular weight excluding hydrogens is 356 g/mol. The van der Waals surface area contributed by atoms with Gasteiger partial charge >= 0.3 is 0 Å². The van der Waals surface area contributed by atoms with Crippen molar-refractivity contribution in [2.45, 2.75) is 13.0 Å². The molecule has 1 amide bonds. The molecule has 8 heteroatoms. The first-order chi connectivity index (χ1) is 12.2. The summed E-state index contributed by atoms with van der Waals surface area (Å²) in [6.07, 6.45) is 0.378. The van der Waals surface area contributed by atoms with Gasteiger partial charge in [-0.05, 0) is 49.4 Å². The third-order valence-corrected chi connectivity index (χ3v) is 4.92. The monoisotopic (exact) mass is 378 g/mol. The minimum Gasteiger partial charge on any atom is -0.497 e. The molecule has 140 valence electrons. The zero-order chi connectivity index (χ0) is 19.3. The molecule has 7 nitrogen and oxygen atoms in total. The zero-order valence-corrected chi connectivity index (χ0v) is 15.9. The van der Waals surface area contributed by atoms with Gasteiger partial charge in [0.1, 0.15) is 11.5 Å². The zero-order valence-electron chi connectivity index (χ0n) is 15.1. The van der Waals surface area contributed by atoms with Gasteiger partial charge in [-0.15, -0.1) is 0 Å². The lowest BCUT2D eigenvalue weighted by Gasteiger charge is -2.18. The number of nitrogens with zero attached hydrogens (tertiary/aromatic N) is 1. The number of amides is 1. The van der Waals surface area contributed by atoms with Crippen LogP contribution in [0.1, 0.15) is 6.92 Å². The Hall–Kier alpha value is -2.74. The van der Waals surface area contributed by atoms with Crippen LogP contribution in [0.25, 0.3) is 0 Å². The standard InChI is InChI=1S/C18H22N2O5S/c1-13(25-17-10-8-16(24-3)9-11-17)18(21)19-14-6-5-7-15(12-14)20(2)26(4,22)23/h5-13H,1-4H3,(H,19,21)/t13-/m1/s1. The molecule has 2 aromatic carbocycles. The van der Waals surface area contributed by atoms with Crippen LogP contribution in [0.3, 0.4) is 0 Å². The molecule has 0 unspecified atom stereocenters. The van der Waals surface area contributed by atoms with Crippen LogP contribution in [-0.4, -0.2) is 40.8 Å². The van der Waals surface area contributed by atoms with Gasteiger partial charge in [-0.1, -0.05) is 6.07 Å². The van der Waals surface area contributed by atoms with Crippen molar-refractivity contribution in [3.63, 3.8) is 0 Å². The lowest BCUT2D eigenvalue weighted by atomic mass is 10.2. The number of carbonyl (C=O) groups excluding carboxylic acids is 1. The number of hydrogen-bond donors (Lipinski definition) is 1. The molecule has 0 radical (unpaired) electrons. The molecule has 0 aliphatic heterocycles. The van der Waals surface area contributed by atoms with Gasteiger partial charge in [0, 0.05) is 12.7 Å². The SMILES string of the molecule is COc1ccc(O[C@H](C)C(=O)Nc2cccc(N(C)S(C)(=O)=O)c2)cc1. The van der Waals surface area contributed by atoms with Gasteiger partial charge in [0.25, 0.3) is 5.91 Å². The van der Waals surface area contributed by atoms with Gasteiger partial charge in [0.15, 0.2) is 6.10 Å². The number of rotatable bonds is 7. The molecule has 26 heavy (non-hydrogen) atoms. The first-order valence-corrected chi connectivity index (χ1v) is 9.71. The van der Waals surface area contributed by atoms with Crippen molar-refractivity contribution in [3.05, 3.63) is 48.5 Å². The molecule has 0 bridgehead atoms. The molecule has 2 rings (SSSR count). The summed E-state index contributed by atoms with van der Waals surface area (Å²) in [6, 6.07) is 13.5. The molecule has 0 aliphatic carbocycles. The summed E-state index contributed by atoms with van der Waals surface area (Å²) in [5, 5.41) is 2.72. The van der Waals surface area contributed by atoms with Crippen molar-refractivity contribution < 1.29 is 22.7 Å². The molecule has 0 aromatic heterocycles. The predicted molar refractivity (Wildman–Crippen MR) is 101 cm³/mol. The van der Waals surface area contributed by atoms with E-state index in [1.165, 1.54) is 7.05 Å². The lowest BCUT2D eigenvalue weighted by molar-refractivity contribution is -0.122. The van der Waals surface area contributed by atoms with Gasteiger partial charge in [-0.2, -0.15) is 0 Å². The highest BCUT2D eigenvalue weighted by Crippen LogP contribution is 2.21. The van der Waals surface area contributed by atoms with Crippen LogP contribution in [0.5, 0.6) is 11.5 Å². The third-order valence-electron chi connectivity index (χ3n) is 3.72. The largest absolute Gasteiger partial charge is 0.497 e. The number of hydrogen-bond acceptors (Lipinski definition) is 5. The summed E-state index contributed by atoms with van der Waals surface area (Å²) in [6.45, 7) is 1.63. The fourth-order valence-electron chi connectivity index (χ4n) is 2.13. The van der Waals surface area contributed by atoms with Crippen LogP contribution in [0.2, 0.25) is 0 Å². The van der Waals surface area contributed by atoms with E-state index in [0.29, 0.717) is 22.9 Å². The van der Waals surface area contributed by atoms with Crippen molar-refractivity contribution in [1.82, 2.24) is 0 Å². The highest BCUT2D eigenvalue weighted by Gasteiger charge is 2.16. The molecule has 0 aliphatic rings. The Morgan fingerprint density at radius 1 is 1.12 bits per heavy atom. The summed E-state index contributed by atoms with van der Waals surface area (Å²) in [7, 11) is -0.357. The van der Waals surface area contributed by atoms with E-state index in [1.807, 2.05) is 0 Å². The highest BCUT2D eigenvalue weighted by molar-refractivity contribution is 7.92. The Labute approximate surface area is 153 Å². The first kappa shape index (κ1) is 19.6. The Kier molecular flexibility index (Phi) is 6.10. The smallest absolute Gasteiger partial charge is 0.265 e. The van der Waals surface area contributed by atoms with Crippen molar-refractivity contribution in [2.24, 2.45) is 0 Å². The maximum atomic E-state index is 12.3. The van der Waals surface area contributed by atoms with E-state index in [1.54, 1.807) is 62.6 Å². The number of anilines is 2. The Morgan fingerprint density at radius 3 is 2.31 bits per heavy atom. The van der Waals surface area contributed by atoms with Gasteiger partial charge in [-0.3, -0.25) is 9.10 Å². The van der Waals surface area contributed by atoms with Crippen LogP contribution in [0.4, 0.5) is 11.4 Å². The number of methoxy groups -OCH3 is 1. The molecule has 0 saturated heterocycles.